The largest absolute Gasteiger partial charge is 0.480 e. The Morgan fingerprint density at radius 1 is 1.40 bits per heavy atom. The number of carboxylic acids is 1. The smallest absolute Gasteiger partial charge is 0.401 e. The average Bonchev–Trinajstić information content (AvgIpc) is 2.72. The highest BCUT2D eigenvalue weighted by molar-refractivity contribution is 5.78. The molecule has 0 aliphatic rings. The molecule has 2 rings (SSSR count). The van der Waals surface area contributed by atoms with Gasteiger partial charge in [-0.15, -0.1) is 0 Å². The number of carbonyl (C=O) groups is 1. The van der Waals surface area contributed by atoms with Crippen molar-refractivity contribution in [1.29, 1.82) is 0 Å². The molecule has 8 heteroatoms. The van der Waals surface area contributed by atoms with Crippen LogP contribution in [-0.4, -0.2) is 45.4 Å². The number of benzene rings is 1. The van der Waals surface area contributed by atoms with Crippen molar-refractivity contribution in [2.75, 3.05) is 13.1 Å². The van der Waals surface area contributed by atoms with E-state index in [1.54, 1.807) is 24.4 Å². The van der Waals surface area contributed by atoms with Gasteiger partial charge in [0, 0.05) is 11.9 Å². The second-order valence-corrected chi connectivity index (χ2v) is 4.45. The summed E-state index contributed by atoms with van der Waals surface area (Å²) in [7, 11) is 0. The van der Waals surface area contributed by atoms with Gasteiger partial charge in [-0.3, -0.25) is 14.8 Å². The first-order chi connectivity index (χ1) is 9.33. The van der Waals surface area contributed by atoms with Gasteiger partial charge in [-0.25, -0.2) is 0 Å². The average molecular weight is 287 g/mol. The zero-order valence-corrected chi connectivity index (χ0v) is 10.3. The van der Waals surface area contributed by atoms with Gasteiger partial charge in [-0.05, 0) is 11.6 Å². The van der Waals surface area contributed by atoms with Crippen molar-refractivity contribution in [2.24, 2.45) is 0 Å². The van der Waals surface area contributed by atoms with Gasteiger partial charge in [-0.2, -0.15) is 18.3 Å². The van der Waals surface area contributed by atoms with Crippen molar-refractivity contribution in [3.05, 3.63) is 30.0 Å². The highest BCUT2D eigenvalue weighted by atomic mass is 19.4. The SMILES string of the molecule is O=C(O)CN(Cc1ccc2cn[nH]c2c1)CC(F)(F)F. The Bertz CT molecular complexity index is 609. The normalized spacial score (nSPS) is 12.2. The molecule has 0 unspecified atom stereocenters. The molecule has 0 amide bonds. The third kappa shape index (κ3) is 3.95. The number of H-pyrrole nitrogens is 1. The Morgan fingerprint density at radius 2 is 2.15 bits per heavy atom. The fourth-order valence-electron chi connectivity index (χ4n) is 1.95. The number of aromatic nitrogens is 2. The summed E-state index contributed by atoms with van der Waals surface area (Å²) in [6.45, 7) is -2.03. The number of carboxylic acid groups (broad SMARTS) is 1. The predicted molar refractivity (Wildman–Crippen MR) is 65.1 cm³/mol. The van der Waals surface area contributed by atoms with Gasteiger partial charge < -0.3 is 5.11 Å². The molecular formula is C12H12F3N3O2. The molecule has 0 bridgehead atoms. The van der Waals surface area contributed by atoms with Crippen LogP contribution in [0.25, 0.3) is 10.9 Å². The van der Waals surface area contributed by atoms with E-state index >= 15 is 0 Å². The molecular weight excluding hydrogens is 275 g/mol. The number of aromatic amines is 1. The number of fused-ring (bicyclic) bond motifs is 1. The van der Waals surface area contributed by atoms with Gasteiger partial charge in [0.1, 0.15) is 0 Å². The number of hydrogen-bond acceptors (Lipinski definition) is 3. The standard InChI is InChI=1S/C12H12F3N3O2/c13-12(14,15)7-18(6-11(19)20)5-8-1-2-9-4-16-17-10(9)3-8/h1-4H,5-7H2,(H,16,17)(H,19,20). The zero-order valence-electron chi connectivity index (χ0n) is 10.3. The number of hydrogen-bond donors (Lipinski definition) is 2. The first kappa shape index (κ1) is 14.3. The minimum Gasteiger partial charge on any atom is -0.480 e. The van der Waals surface area contributed by atoms with Gasteiger partial charge in [0.15, 0.2) is 0 Å². The summed E-state index contributed by atoms with van der Waals surface area (Å²) < 4.78 is 37.2. The van der Waals surface area contributed by atoms with Crippen molar-refractivity contribution in [3.63, 3.8) is 0 Å². The van der Waals surface area contributed by atoms with E-state index in [1.165, 1.54) is 0 Å². The molecule has 20 heavy (non-hydrogen) atoms. The van der Waals surface area contributed by atoms with Crippen molar-refractivity contribution in [3.8, 4) is 0 Å². The molecule has 0 saturated heterocycles. The lowest BCUT2D eigenvalue weighted by Crippen LogP contribution is -2.37. The second-order valence-electron chi connectivity index (χ2n) is 4.45. The Labute approximate surface area is 112 Å². The fourth-order valence-corrected chi connectivity index (χ4v) is 1.95. The molecule has 2 N–H and O–H groups in total. The summed E-state index contributed by atoms with van der Waals surface area (Å²) in [5, 5.41) is 16.0. The molecule has 1 aromatic carbocycles. The van der Waals surface area contributed by atoms with Crippen LogP contribution in [0.3, 0.4) is 0 Å². The van der Waals surface area contributed by atoms with Gasteiger partial charge in [0.25, 0.3) is 0 Å². The molecule has 1 aromatic heterocycles. The predicted octanol–water partition coefficient (Wildman–Crippen LogP) is 2.01. The first-order valence-electron chi connectivity index (χ1n) is 5.76. The van der Waals surface area contributed by atoms with Crippen LogP contribution in [0.4, 0.5) is 13.2 Å². The molecule has 0 aliphatic heterocycles. The first-order valence-corrected chi connectivity index (χ1v) is 5.76. The van der Waals surface area contributed by atoms with Crippen LogP contribution in [0.15, 0.2) is 24.4 Å². The van der Waals surface area contributed by atoms with Crippen molar-refractivity contribution < 1.29 is 23.1 Å². The van der Waals surface area contributed by atoms with Gasteiger partial charge >= 0.3 is 12.1 Å². The lowest BCUT2D eigenvalue weighted by molar-refractivity contribution is -0.154. The van der Waals surface area contributed by atoms with Crippen LogP contribution in [-0.2, 0) is 11.3 Å². The summed E-state index contributed by atoms with van der Waals surface area (Å²) in [5.41, 5.74) is 1.29. The van der Waals surface area contributed by atoms with Gasteiger partial charge in [0.05, 0.1) is 24.8 Å². The van der Waals surface area contributed by atoms with Crippen molar-refractivity contribution in [1.82, 2.24) is 15.1 Å². The van der Waals surface area contributed by atoms with Crippen LogP contribution >= 0.6 is 0 Å². The molecule has 5 nitrogen and oxygen atoms in total. The molecule has 0 spiro atoms. The van der Waals surface area contributed by atoms with Crippen molar-refractivity contribution >= 4 is 16.9 Å². The van der Waals surface area contributed by atoms with E-state index in [2.05, 4.69) is 10.2 Å². The van der Waals surface area contributed by atoms with E-state index < -0.39 is 25.2 Å². The molecule has 2 aromatic rings. The topological polar surface area (TPSA) is 69.2 Å². The molecule has 0 radical (unpaired) electrons. The van der Waals surface area contributed by atoms with E-state index in [0.717, 1.165) is 10.3 Å². The monoisotopic (exact) mass is 287 g/mol. The maximum atomic E-state index is 12.4. The zero-order chi connectivity index (χ0) is 14.8. The van der Waals surface area contributed by atoms with Crippen LogP contribution in [0.1, 0.15) is 5.56 Å². The van der Waals surface area contributed by atoms with Crippen LogP contribution in [0.5, 0.6) is 0 Å². The number of aliphatic carboxylic acids is 1. The fraction of sp³-hybridized carbons (Fsp3) is 0.333. The minimum atomic E-state index is -4.44. The van der Waals surface area contributed by atoms with Crippen LogP contribution in [0.2, 0.25) is 0 Å². The number of nitrogens with zero attached hydrogens (tertiary/aromatic N) is 2. The highest BCUT2D eigenvalue weighted by Gasteiger charge is 2.31. The molecule has 1 heterocycles. The molecule has 0 saturated carbocycles. The van der Waals surface area contributed by atoms with E-state index in [0.29, 0.717) is 11.1 Å². The molecule has 0 aliphatic carbocycles. The van der Waals surface area contributed by atoms with Crippen molar-refractivity contribution in [2.45, 2.75) is 12.7 Å². The third-order valence-corrected chi connectivity index (χ3v) is 2.67. The molecule has 0 atom stereocenters. The highest BCUT2D eigenvalue weighted by Crippen LogP contribution is 2.19. The lowest BCUT2D eigenvalue weighted by atomic mass is 10.1. The Kier molecular flexibility index (Phi) is 3.93. The number of halogens is 3. The summed E-state index contributed by atoms with van der Waals surface area (Å²) >= 11 is 0. The number of alkyl halides is 3. The van der Waals surface area contributed by atoms with E-state index in [-0.39, 0.29) is 6.54 Å². The maximum Gasteiger partial charge on any atom is 0.401 e. The second kappa shape index (κ2) is 5.49. The van der Waals surface area contributed by atoms with Gasteiger partial charge in [-0.1, -0.05) is 12.1 Å². The maximum absolute atomic E-state index is 12.4. The van der Waals surface area contributed by atoms with Gasteiger partial charge in [0.2, 0.25) is 0 Å². The Morgan fingerprint density at radius 3 is 2.80 bits per heavy atom. The van der Waals surface area contributed by atoms with E-state index in [9.17, 15) is 18.0 Å². The van der Waals surface area contributed by atoms with E-state index in [4.69, 9.17) is 5.11 Å². The summed E-state index contributed by atoms with van der Waals surface area (Å²) in [6, 6.07) is 5.04. The number of rotatable bonds is 5. The summed E-state index contributed by atoms with van der Waals surface area (Å²) in [6.07, 6.45) is -2.84. The number of nitrogens with one attached hydrogen (secondary N) is 1. The van der Waals surface area contributed by atoms with E-state index in [1.807, 2.05) is 0 Å². The lowest BCUT2D eigenvalue weighted by Gasteiger charge is -2.21. The van der Waals surface area contributed by atoms with Crippen LogP contribution in [0, 0.1) is 0 Å². The molecule has 0 fully saturated rings. The molecule has 108 valence electrons. The Hall–Kier alpha value is -2.09. The van der Waals surface area contributed by atoms with Crippen LogP contribution < -0.4 is 0 Å². The minimum absolute atomic E-state index is 0.0965. The third-order valence-electron chi connectivity index (χ3n) is 2.67. The quantitative estimate of drug-likeness (QED) is 0.882. The Balaban J connectivity index is 2.14. The summed E-state index contributed by atoms with van der Waals surface area (Å²) in [5.74, 6) is -1.29. The summed E-state index contributed by atoms with van der Waals surface area (Å²) in [4.78, 5) is 11.5.